The topological polar surface area (TPSA) is 77.9 Å². The molecule has 0 radical (unpaired) electrons. The first-order valence-electron chi connectivity index (χ1n) is 7.81. The van der Waals surface area contributed by atoms with Crippen molar-refractivity contribution >= 4 is 15.7 Å². The summed E-state index contributed by atoms with van der Waals surface area (Å²) < 4.78 is 23.0. The Morgan fingerprint density at radius 2 is 1.95 bits per heavy atom. The molecule has 0 aromatic heterocycles. The molecule has 0 saturated carbocycles. The monoisotopic (exact) mass is 316 g/mol. The molecule has 3 heterocycles. The maximum absolute atomic E-state index is 12.4. The number of nitrogens with zero attached hydrogens (tertiary/aromatic N) is 2. The van der Waals surface area contributed by atoms with E-state index in [-0.39, 0.29) is 17.4 Å². The van der Waals surface area contributed by atoms with Crippen LogP contribution in [0.25, 0.3) is 0 Å². The van der Waals surface area contributed by atoms with Crippen LogP contribution in [0, 0.1) is 5.92 Å². The maximum atomic E-state index is 12.4. The molecule has 3 rings (SSSR count). The number of sulfone groups is 1. The molecule has 0 aliphatic carbocycles. The first-order chi connectivity index (χ1) is 9.87. The minimum Gasteiger partial charge on any atom is -0.387 e. The fourth-order valence-corrected chi connectivity index (χ4v) is 5.51. The van der Waals surface area contributed by atoms with Gasteiger partial charge in [0.25, 0.3) is 0 Å². The van der Waals surface area contributed by atoms with Crippen molar-refractivity contribution < 1.29 is 18.3 Å². The van der Waals surface area contributed by atoms with Gasteiger partial charge in [-0.1, -0.05) is 0 Å². The molecule has 7 heteroatoms. The number of carbonyl (C=O) groups excluding carboxylic acids is 1. The smallest absolute Gasteiger partial charge is 0.226 e. The number of rotatable bonds is 3. The van der Waals surface area contributed by atoms with Gasteiger partial charge in [0, 0.05) is 13.1 Å². The SMILES string of the molecule is O=C([C@H]1CCS(=O)(=O)C1)N1CC[C@](O)(CN2CCCC2)C1. The van der Waals surface area contributed by atoms with Gasteiger partial charge >= 0.3 is 0 Å². The molecule has 3 fully saturated rings. The molecule has 3 saturated heterocycles. The highest BCUT2D eigenvalue weighted by Gasteiger charge is 2.43. The van der Waals surface area contributed by atoms with Crippen LogP contribution in [0.5, 0.6) is 0 Å². The van der Waals surface area contributed by atoms with Crippen LogP contribution in [0.3, 0.4) is 0 Å². The summed E-state index contributed by atoms with van der Waals surface area (Å²) in [5.41, 5.74) is -0.822. The molecule has 0 aromatic carbocycles. The van der Waals surface area contributed by atoms with E-state index in [1.807, 2.05) is 0 Å². The lowest BCUT2D eigenvalue weighted by Gasteiger charge is -2.29. The van der Waals surface area contributed by atoms with Gasteiger partial charge in [0.05, 0.1) is 29.6 Å². The first-order valence-corrected chi connectivity index (χ1v) is 9.63. The number of hydrogen-bond donors (Lipinski definition) is 1. The minimum absolute atomic E-state index is 0.0209. The highest BCUT2D eigenvalue weighted by atomic mass is 32.2. The summed E-state index contributed by atoms with van der Waals surface area (Å²) in [5, 5.41) is 10.7. The van der Waals surface area contributed by atoms with Crippen molar-refractivity contribution in [3.63, 3.8) is 0 Å². The van der Waals surface area contributed by atoms with Crippen molar-refractivity contribution in [3.8, 4) is 0 Å². The summed E-state index contributed by atoms with van der Waals surface area (Å²) in [6.07, 6.45) is 3.38. The fraction of sp³-hybridized carbons (Fsp3) is 0.929. The van der Waals surface area contributed by atoms with Crippen LogP contribution in [-0.4, -0.2) is 79.1 Å². The van der Waals surface area contributed by atoms with Crippen LogP contribution in [0.4, 0.5) is 0 Å². The van der Waals surface area contributed by atoms with Crippen LogP contribution in [0.1, 0.15) is 25.7 Å². The second-order valence-corrected chi connectivity index (χ2v) is 9.05. The highest BCUT2D eigenvalue weighted by molar-refractivity contribution is 7.91. The lowest BCUT2D eigenvalue weighted by molar-refractivity contribution is -0.134. The summed E-state index contributed by atoms with van der Waals surface area (Å²) in [6.45, 7) is 3.56. The Hall–Kier alpha value is -0.660. The van der Waals surface area contributed by atoms with E-state index in [1.54, 1.807) is 4.90 Å². The average molecular weight is 316 g/mol. The summed E-state index contributed by atoms with van der Waals surface area (Å²) in [5.74, 6) is -0.389. The van der Waals surface area contributed by atoms with E-state index in [2.05, 4.69) is 4.90 Å². The Bertz CT molecular complexity index is 515. The van der Waals surface area contributed by atoms with Crippen molar-refractivity contribution in [3.05, 3.63) is 0 Å². The van der Waals surface area contributed by atoms with E-state index in [0.29, 0.717) is 32.5 Å². The van der Waals surface area contributed by atoms with E-state index in [0.717, 1.165) is 13.1 Å². The zero-order chi connectivity index (χ0) is 15.1. The molecule has 3 aliphatic heterocycles. The van der Waals surface area contributed by atoms with Gasteiger partial charge in [0.2, 0.25) is 5.91 Å². The molecule has 1 amide bonds. The zero-order valence-electron chi connectivity index (χ0n) is 12.3. The molecule has 1 N–H and O–H groups in total. The highest BCUT2D eigenvalue weighted by Crippen LogP contribution is 2.28. The molecule has 6 nitrogen and oxygen atoms in total. The molecular weight excluding hydrogens is 292 g/mol. The molecule has 0 bridgehead atoms. The Kier molecular flexibility index (Phi) is 4.00. The van der Waals surface area contributed by atoms with Crippen LogP contribution in [0.15, 0.2) is 0 Å². The van der Waals surface area contributed by atoms with E-state index >= 15 is 0 Å². The average Bonchev–Trinajstić information content (AvgIpc) is 3.10. The third kappa shape index (κ3) is 3.40. The Balaban J connectivity index is 1.57. The zero-order valence-corrected chi connectivity index (χ0v) is 13.1. The fourth-order valence-electron chi connectivity index (χ4n) is 3.78. The van der Waals surface area contributed by atoms with Crippen LogP contribution < -0.4 is 0 Å². The number of amides is 1. The quantitative estimate of drug-likeness (QED) is 0.758. The molecule has 120 valence electrons. The number of β-amino-alcohol motifs (C(OH)–C–C–N with tert-alkyl or cyclic N) is 1. The molecule has 0 spiro atoms. The summed E-state index contributed by atoms with van der Waals surface area (Å²) in [7, 11) is -3.04. The van der Waals surface area contributed by atoms with Gasteiger partial charge in [-0.15, -0.1) is 0 Å². The second kappa shape index (κ2) is 5.52. The van der Waals surface area contributed by atoms with Crippen molar-refractivity contribution in [2.24, 2.45) is 5.92 Å². The van der Waals surface area contributed by atoms with Crippen LogP contribution >= 0.6 is 0 Å². The number of aliphatic hydroxyl groups is 1. The molecule has 21 heavy (non-hydrogen) atoms. The van der Waals surface area contributed by atoms with Gasteiger partial charge in [-0.3, -0.25) is 4.79 Å². The lowest BCUT2D eigenvalue weighted by atomic mass is 10.0. The Labute approximate surface area is 126 Å². The van der Waals surface area contributed by atoms with Crippen molar-refractivity contribution in [1.82, 2.24) is 9.80 Å². The van der Waals surface area contributed by atoms with Gasteiger partial charge in [-0.2, -0.15) is 0 Å². The third-order valence-corrected chi connectivity index (χ3v) is 6.71. The van der Waals surface area contributed by atoms with E-state index in [1.165, 1.54) is 12.8 Å². The second-order valence-electron chi connectivity index (χ2n) is 6.82. The largest absolute Gasteiger partial charge is 0.387 e. The number of hydrogen-bond acceptors (Lipinski definition) is 5. The normalized spacial score (nSPS) is 36.4. The van der Waals surface area contributed by atoms with Crippen LogP contribution in [-0.2, 0) is 14.6 Å². The predicted octanol–water partition coefficient (Wildman–Crippen LogP) is -0.520. The summed E-state index contributed by atoms with van der Waals surface area (Å²) in [4.78, 5) is 16.3. The summed E-state index contributed by atoms with van der Waals surface area (Å²) in [6, 6.07) is 0. The Morgan fingerprint density at radius 1 is 1.24 bits per heavy atom. The van der Waals surface area contributed by atoms with E-state index < -0.39 is 21.4 Å². The maximum Gasteiger partial charge on any atom is 0.226 e. The third-order valence-electron chi connectivity index (χ3n) is 4.94. The first kappa shape index (κ1) is 15.2. The van der Waals surface area contributed by atoms with Crippen molar-refractivity contribution in [2.45, 2.75) is 31.3 Å². The van der Waals surface area contributed by atoms with Gasteiger partial charge in [0.1, 0.15) is 0 Å². The van der Waals surface area contributed by atoms with Gasteiger partial charge < -0.3 is 14.9 Å². The molecule has 0 unspecified atom stereocenters. The van der Waals surface area contributed by atoms with Gasteiger partial charge in [-0.05, 0) is 38.8 Å². The number of carbonyl (C=O) groups is 1. The number of likely N-dealkylation sites (tertiary alicyclic amines) is 2. The molecule has 2 atom stereocenters. The van der Waals surface area contributed by atoms with Crippen molar-refractivity contribution in [2.75, 3.05) is 44.2 Å². The van der Waals surface area contributed by atoms with E-state index in [9.17, 15) is 18.3 Å². The minimum atomic E-state index is -3.04. The predicted molar refractivity (Wildman–Crippen MR) is 78.6 cm³/mol. The lowest BCUT2D eigenvalue weighted by Crippen LogP contribution is -2.45. The summed E-state index contributed by atoms with van der Waals surface area (Å²) >= 11 is 0. The molecular formula is C14H24N2O4S. The molecule has 3 aliphatic rings. The van der Waals surface area contributed by atoms with Crippen molar-refractivity contribution in [1.29, 1.82) is 0 Å². The Morgan fingerprint density at radius 3 is 2.57 bits per heavy atom. The van der Waals surface area contributed by atoms with Gasteiger partial charge in [-0.25, -0.2) is 8.42 Å². The standard InChI is InChI=1S/C14H24N2O4S/c17-13(12-3-8-21(19,20)9-12)16-7-4-14(18,11-16)10-15-5-1-2-6-15/h12,18H,1-11H2/t12-,14-/m0/s1. The van der Waals surface area contributed by atoms with Gasteiger partial charge in [0.15, 0.2) is 9.84 Å². The van der Waals surface area contributed by atoms with E-state index in [4.69, 9.17) is 0 Å². The van der Waals surface area contributed by atoms with Crippen LogP contribution in [0.2, 0.25) is 0 Å². The molecule has 0 aromatic rings.